The van der Waals surface area contributed by atoms with Gasteiger partial charge < -0.3 is 10.6 Å². The van der Waals surface area contributed by atoms with Gasteiger partial charge in [-0.1, -0.05) is 0 Å². The van der Waals surface area contributed by atoms with Crippen molar-refractivity contribution in [3.05, 3.63) is 53.3 Å². The molecule has 7 rings (SSSR count). The number of amides is 1. The van der Waals surface area contributed by atoms with Gasteiger partial charge in [0.1, 0.15) is 0 Å². The molecule has 4 aliphatic carbocycles. The molecule has 1 amide bonds. The number of aromatic nitrogens is 4. The smallest absolute Gasteiger partial charge is 0.224 e. The largest absolute Gasteiger partial charge is 0.339 e. The van der Waals surface area contributed by atoms with Gasteiger partial charge in [0.15, 0.2) is 11.6 Å². The van der Waals surface area contributed by atoms with Crippen molar-refractivity contribution >= 4 is 23.1 Å². The Morgan fingerprint density at radius 1 is 0.914 bits per heavy atom. The summed E-state index contributed by atoms with van der Waals surface area (Å²) in [5.74, 6) is 4.12. The minimum absolute atomic E-state index is 0.161. The van der Waals surface area contributed by atoms with E-state index in [4.69, 9.17) is 0 Å². The second-order valence-corrected chi connectivity index (χ2v) is 11.3. The van der Waals surface area contributed by atoms with E-state index >= 15 is 0 Å². The van der Waals surface area contributed by atoms with Crippen molar-refractivity contribution in [2.45, 2.75) is 65.7 Å². The van der Waals surface area contributed by atoms with Gasteiger partial charge in [-0.15, -0.1) is 10.2 Å². The molecular formula is C28H34N6O. The highest BCUT2D eigenvalue weighted by Gasteiger charge is 2.51. The molecule has 0 radical (unpaired) electrons. The molecule has 0 aliphatic heterocycles. The minimum atomic E-state index is 0.161. The van der Waals surface area contributed by atoms with E-state index in [1.165, 1.54) is 44.1 Å². The molecule has 4 aliphatic rings. The number of nitrogens with zero attached hydrogens (tertiary/aromatic N) is 4. The Bertz CT molecular complexity index is 1210. The molecule has 1 aromatic carbocycles. The summed E-state index contributed by atoms with van der Waals surface area (Å²) < 4.78 is 1.82. The Morgan fingerprint density at radius 3 is 2.09 bits per heavy atom. The van der Waals surface area contributed by atoms with Crippen LogP contribution in [-0.4, -0.2) is 25.9 Å². The van der Waals surface area contributed by atoms with E-state index < -0.39 is 0 Å². The first-order valence-electron chi connectivity index (χ1n) is 12.9. The third kappa shape index (κ3) is 4.32. The Kier molecular flexibility index (Phi) is 5.38. The van der Waals surface area contributed by atoms with Gasteiger partial charge in [-0.25, -0.2) is 4.68 Å². The number of carbonyl (C=O) groups excluding carboxylic acids is 1. The molecule has 2 N–H and O–H groups in total. The zero-order chi connectivity index (χ0) is 24.2. The summed E-state index contributed by atoms with van der Waals surface area (Å²) in [5, 5.41) is 19.6. The molecule has 2 aromatic heterocycles. The summed E-state index contributed by atoms with van der Waals surface area (Å²) in [7, 11) is 0. The second kappa shape index (κ2) is 8.47. The van der Waals surface area contributed by atoms with Crippen LogP contribution in [0, 0.1) is 43.9 Å². The summed E-state index contributed by atoms with van der Waals surface area (Å²) in [6.07, 6.45) is 8.67. The highest BCUT2D eigenvalue weighted by molar-refractivity contribution is 5.91. The number of rotatable bonds is 6. The summed E-state index contributed by atoms with van der Waals surface area (Å²) in [5.41, 5.74) is 5.23. The van der Waals surface area contributed by atoms with Crippen LogP contribution in [0.1, 0.15) is 61.9 Å². The molecule has 0 spiro atoms. The van der Waals surface area contributed by atoms with E-state index in [-0.39, 0.29) is 11.3 Å². The number of aryl methyl sites for hydroxylation is 1. The molecule has 7 heteroatoms. The fourth-order valence-corrected chi connectivity index (χ4v) is 7.29. The van der Waals surface area contributed by atoms with E-state index in [9.17, 15) is 4.79 Å². The molecule has 4 bridgehead atoms. The van der Waals surface area contributed by atoms with Crippen LogP contribution >= 0.6 is 0 Å². The first kappa shape index (κ1) is 22.3. The van der Waals surface area contributed by atoms with Crippen LogP contribution in [-0.2, 0) is 4.79 Å². The minimum Gasteiger partial charge on any atom is -0.339 e. The molecule has 0 atom stereocenters. The Hall–Kier alpha value is -3.22. The van der Waals surface area contributed by atoms with Crippen molar-refractivity contribution in [2.24, 2.45) is 23.2 Å². The van der Waals surface area contributed by atoms with Gasteiger partial charge in [0.05, 0.1) is 5.69 Å². The van der Waals surface area contributed by atoms with E-state index in [0.717, 1.165) is 40.5 Å². The summed E-state index contributed by atoms with van der Waals surface area (Å²) in [6.45, 7) is 6.09. The predicted molar refractivity (Wildman–Crippen MR) is 137 cm³/mol. The first-order chi connectivity index (χ1) is 16.9. The Morgan fingerprint density at radius 2 is 1.54 bits per heavy atom. The van der Waals surface area contributed by atoms with E-state index in [0.29, 0.717) is 18.1 Å². The maximum Gasteiger partial charge on any atom is 0.224 e. The van der Waals surface area contributed by atoms with Crippen LogP contribution in [0.2, 0.25) is 0 Å². The van der Waals surface area contributed by atoms with Crippen molar-refractivity contribution in [1.29, 1.82) is 0 Å². The van der Waals surface area contributed by atoms with Crippen LogP contribution in [0.5, 0.6) is 0 Å². The lowest BCUT2D eigenvalue weighted by Gasteiger charge is -2.56. The SMILES string of the molecule is Cc1nn(-c2ccc(Nc3ccc(NC(=O)CC45CC6CC(CC(C6)C4)C5)cc3)nn2)c(C)c1C. The Balaban J connectivity index is 1.06. The van der Waals surface area contributed by atoms with Crippen LogP contribution < -0.4 is 10.6 Å². The van der Waals surface area contributed by atoms with Crippen LogP contribution in [0.4, 0.5) is 17.2 Å². The average Bonchev–Trinajstić information content (AvgIpc) is 3.07. The van der Waals surface area contributed by atoms with Crippen molar-refractivity contribution in [3.8, 4) is 5.82 Å². The fraction of sp³-hybridized carbons (Fsp3) is 0.500. The summed E-state index contributed by atoms with van der Waals surface area (Å²) >= 11 is 0. The number of anilines is 3. The van der Waals surface area contributed by atoms with Crippen LogP contribution in [0.15, 0.2) is 36.4 Å². The number of hydrogen-bond acceptors (Lipinski definition) is 5. The monoisotopic (exact) mass is 470 g/mol. The zero-order valence-corrected chi connectivity index (χ0v) is 20.8. The number of carbonyl (C=O) groups is 1. The van der Waals surface area contributed by atoms with Gasteiger partial charge in [-0.3, -0.25) is 4.79 Å². The van der Waals surface area contributed by atoms with Gasteiger partial charge in [0.25, 0.3) is 0 Å². The average molecular weight is 471 g/mol. The standard InChI is InChI=1S/C28H34N6O/c1-17-18(2)33-34(19(17)3)26-9-8-25(31-32-26)29-23-4-6-24(7-5-23)30-27(35)16-28-13-20-10-21(14-28)12-22(11-20)15-28/h4-9,20-22H,10-16H2,1-3H3,(H,29,31)(H,30,35). The normalized spacial score (nSPS) is 26.7. The zero-order valence-electron chi connectivity index (χ0n) is 20.8. The van der Waals surface area contributed by atoms with Gasteiger partial charge in [0, 0.05) is 23.5 Å². The van der Waals surface area contributed by atoms with Gasteiger partial charge >= 0.3 is 0 Å². The van der Waals surface area contributed by atoms with Gasteiger partial charge in [-0.2, -0.15) is 5.10 Å². The number of benzene rings is 1. The number of hydrogen-bond donors (Lipinski definition) is 2. The highest BCUT2D eigenvalue weighted by Crippen LogP contribution is 2.61. The van der Waals surface area contributed by atoms with Crippen molar-refractivity contribution in [2.75, 3.05) is 10.6 Å². The molecule has 182 valence electrons. The maximum atomic E-state index is 12.9. The van der Waals surface area contributed by atoms with Crippen molar-refractivity contribution in [3.63, 3.8) is 0 Å². The fourth-order valence-electron chi connectivity index (χ4n) is 7.29. The Labute approximate surface area is 206 Å². The van der Waals surface area contributed by atoms with Crippen LogP contribution in [0.3, 0.4) is 0 Å². The van der Waals surface area contributed by atoms with E-state index in [2.05, 4.69) is 32.9 Å². The molecule has 4 saturated carbocycles. The third-order valence-corrected chi connectivity index (χ3v) is 8.66. The molecule has 35 heavy (non-hydrogen) atoms. The molecule has 0 saturated heterocycles. The van der Waals surface area contributed by atoms with Gasteiger partial charge in [0.2, 0.25) is 5.91 Å². The highest BCUT2D eigenvalue weighted by atomic mass is 16.1. The van der Waals surface area contributed by atoms with Crippen LogP contribution in [0.25, 0.3) is 5.82 Å². The molecule has 2 heterocycles. The molecular weight excluding hydrogens is 436 g/mol. The third-order valence-electron chi connectivity index (χ3n) is 8.66. The lowest BCUT2D eigenvalue weighted by molar-refractivity contribution is -0.124. The topological polar surface area (TPSA) is 84.7 Å². The van der Waals surface area contributed by atoms with Crippen molar-refractivity contribution in [1.82, 2.24) is 20.0 Å². The van der Waals surface area contributed by atoms with Crippen molar-refractivity contribution < 1.29 is 4.79 Å². The molecule has 4 fully saturated rings. The number of nitrogens with one attached hydrogen (secondary N) is 2. The lowest BCUT2D eigenvalue weighted by Crippen LogP contribution is -2.47. The maximum absolute atomic E-state index is 12.9. The van der Waals surface area contributed by atoms with Gasteiger partial charge in [-0.05, 0) is 124 Å². The van der Waals surface area contributed by atoms with E-state index in [1.807, 2.05) is 54.9 Å². The lowest BCUT2D eigenvalue weighted by atomic mass is 9.49. The first-order valence-corrected chi connectivity index (χ1v) is 12.9. The molecule has 3 aromatic rings. The predicted octanol–water partition coefficient (Wildman–Crippen LogP) is 5.88. The second-order valence-electron chi connectivity index (χ2n) is 11.3. The van der Waals surface area contributed by atoms with E-state index in [1.54, 1.807) is 0 Å². The summed E-state index contributed by atoms with van der Waals surface area (Å²) in [4.78, 5) is 12.9. The quantitative estimate of drug-likeness (QED) is 0.470. The summed E-state index contributed by atoms with van der Waals surface area (Å²) in [6, 6.07) is 11.6. The molecule has 7 nitrogen and oxygen atoms in total. The molecule has 0 unspecified atom stereocenters.